The third-order valence-electron chi connectivity index (χ3n) is 3.15. The van der Waals surface area contributed by atoms with Crippen LogP contribution in [0, 0.1) is 11.6 Å². The van der Waals surface area contributed by atoms with Gasteiger partial charge in [-0.05, 0) is 24.3 Å². The van der Waals surface area contributed by atoms with Crippen LogP contribution in [-0.4, -0.2) is 23.0 Å². The number of pyridine rings is 1. The van der Waals surface area contributed by atoms with Gasteiger partial charge in [0.15, 0.2) is 5.82 Å². The zero-order chi connectivity index (χ0) is 16.4. The standard InChI is InChI=1S/C15H12F2N4O2/c1-23-15-11(17)6-10(7-18-15)20-21-14(22)13-5-8-4-9(16)2-3-12(8)19-13/h2-7,19-20H,1H3,(H,21,22). The predicted molar refractivity (Wildman–Crippen MR) is 80.1 cm³/mol. The monoisotopic (exact) mass is 318 g/mol. The summed E-state index contributed by atoms with van der Waals surface area (Å²) in [7, 11) is 1.30. The first-order valence-electron chi connectivity index (χ1n) is 6.61. The molecule has 1 amide bonds. The van der Waals surface area contributed by atoms with E-state index in [1.54, 1.807) is 0 Å². The Morgan fingerprint density at radius 3 is 2.83 bits per heavy atom. The summed E-state index contributed by atoms with van der Waals surface area (Å²) in [4.78, 5) is 18.6. The normalized spacial score (nSPS) is 10.6. The summed E-state index contributed by atoms with van der Waals surface area (Å²) in [6, 6.07) is 6.80. The summed E-state index contributed by atoms with van der Waals surface area (Å²) >= 11 is 0. The number of fused-ring (bicyclic) bond motifs is 1. The number of hydrogen-bond donors (Lipinski definition) is 3. The Morgan fingerprint density at radius 1 is 1.26 bits per heavy atom. The Bertz CT molecular complexity index is 879. The Kier molecular flexibility index (Phi) is 3.80. The number of halogens is 2. The lowest BCUT2D eigenvalue weighted by Gasteiger charge is -2.08. The number of aromatic amines is 1. The molecular weight excluding hydrogens is 306 g/mol. The first-order chi connectivity index (χ1) is 11.1. The number of anilines is 1. The molecule has 3 N–H and O–H groups in total. The number of hydrazine groups is 1. The van der Waals surface area contributed by atoms with Gasteiger partial charge in [-0.25, -0.2) is 13.8 Å². The van der Waals surface area contributed by atoms with E-state index in [-0.39, 0.29) is 23.1 Å². The van der Waals surface area contributed by atoms with Crippen LogP contribution >= 0.6 is 0 Å². The van der Waals surface area contributed by atoms with Crippen molar-refractivity contribution in [3.8, 4) is 5.88 Å². The van der Waals surface area contributed by atoms with Crippen molar-refractivity contribution in [2.45, 2.75) is 0 Å². The molecule has 3 rings (SSSR count). The van der Waals surface area contributed by atoms with Crippen molar-refractivity contribution in [1.82, 2.24) is 15.4 Å². The lowest BCUT2D eigenvalue weighted by atomic mass is 10.2. The molecule has 118 valence electrons. The van der Waals surface area contributed by atoms with E-state index < -0.39 is 11.7 Å². The molecule has 0 unspecified atom stereocenters. The highest BCUT2D eigenvalue weighted by atomic mass is 19.1. The molecule has 1 aromatic carbocycles. The summed E-state index contributed by atoms with van der Waals surface area (Å²) in [6.07, 6.45) is 1.31. The topological polar surface area (TPSA) is 79.0 Å². The van der Waals surface area contributed by atoms with Crippen LogP contribution in [0.2, 0.25) is 0 Å². The minimum Gasteiger partial charge on any atom is -0.479 e. The predicted octanol–water partition coefficient (Wildman–Crippen LogP) is 2.61. The summed E-state index contributed by atoms with van der Waals surface area (Å²) < 4.78 is 31.3. The van der Waals surface area contributed by atoms with E-state index in [1.165, 1.54) is 37.6 Å². The van der Waals surface area contributed by atoms with Gasteiger partial charge in [0.1, 0.15) is 11.5 Å². The Balaban J connectivity index is 1.72. The number of amides is 1. The van der Waals surface area contributed by atoms with E-state index in [2.05, 4.69) is 20.8 Å². The zero-order valence-corrected chi connectivity index (χ0v) is 12.0. The first-order valence-corrected chi connectivity index (χ1v) is 6.61. The quantitative estimate of drug-likeness (QED) is 0.646. The second kappa shape index (κ2) is 5.91. The molecule has 23 heavy (non-hydrogen) atoms. The van der Waals surface area contributed by atoms with Gasteiger partial charge in [0.05, 0.1) is 19.0 Å². The molecule has 0 saturated heterocycles. The Morgan fingerprint density at radius 2 is 2.09 bits per heavy atom. The molecule has 3 aromatic rings. The third-order valence-corrected chi connectivity index (χ3v) is 3.15. The number of benzene rings is 1. The molecule has 0 fully saturated rings. The number of ether oxygens (including phenoxy) is 1. The van der Waals surface area contributed by atoms with Crippen LogP contribution in [0.15, 0.2) is 36.5 Å². The van der Waals surface area contributed by atoms with Crippen molar-refractivity contribution in [3.05, 3.63) is 53.9 Å². The molecule has 2 aromatic heterocycles. The van der Waals surface area contributed by atoms with Crippen LogP contribution in [0.1, 0.15) is 10.5 Å². The third kappa shape index (κ3) is 3.05. The molecule has 0 aliphatic heterocycles. The maximum absolute atomic E-state index is 13.5. The summed E-state index contributed by atoms with van der Waals surface area (Å²) in [5.41, 5.74) is 6.05. The van der Waals surface area contributed by atoms with E-state index >= 15 is 0 Å². The van der Waals surface area contributed by atoms with Crippen LogP contribution in [0.4, 0.5) is 14.5 Å². The zero-order valence-electron chi connectivity index (χ0n) is 12.0. The van der Waals surface area contributed by atoms with Crippen LogP contribution in [0.5, 0.6) is 5.88 Å². The average Bonchev–Trinajstić information content (AvgIpc) is 2.95. The van der Waals surface area contributed by atoms with Gasteiger partial charge in [-0.3, -0.25) is 15.6 Å². The van der Waals surface area contributed by atoms with Gasteiger partial charge in [0.25, 0.3) is 5.91 Å². The fourth-order valence-corrected chi connectivity index (χ4v) is 2.07. The number of rotatable bonds is 4. The average molecular weight is 318 g/mol. The molecule has 6 nitrogen and oxygen atoms in total. The molecule has 0 aliphatic carbocycles. The maximum atomic E-state index is 13.5. The molecule has 0 bridgehead atoms. The number of nitrogens with one attached hydrogen (secondary N) is 3. The number of hydrogen-bond acceptors (Lipinski definition) is 4. The van der Waals surface area contributed by atoms with Crippen molar-refractivity contribution < 1.29 is 18.3 Å². The molecular formula is C15H12F2N4O2. The fraction of sp³-hybridized carbons (Fsp3) is 0.0667. The number of H-pyrrole nitrogens is 1. The molecule has 0 aliphatic rings. The highest BCUT2D eigenvalue weighted by Gasteiger charge is 2.11. The Labute approximate surface area is 129 Å². The van der Waals surface area contributed by atoms with E-state index in [0.717, 1.165) is 6.07 Å². The summed E-state index contributed by atoms with van der Waals surface area (Å²) in [5.74, 6) is -1.67. The number of nitrogens with zero attached hydrogens (tertiary/aromatic N) is 1. The molecule has 0 radical (unpaired) electrons. The lowest BCUT2D eigenvalue weighted by Crippen LogP contribution is -2.29. The van der Waals surface area contributed by atoms with Gasteiger partial charge in [-0.15, -0.1) is 0 Å². The number of aromatic nitrogens is 2. The van der Waals surface area contributed by atoms with Crippen LogP contribution in [0.25, 0.3) is 10.9 Å². The van der Waals surface area contributed by atoms with Crippen LogP contribution in [0.3, 0.4) is 0 Å². The first kappa shape index (κ1) is 14.8. The Hall–Kier alpha value is -3.16. The summed E-state index contributed by atoms with van der Waals surface area (Å²) in [6.45, 7) is 0. The van der Waals surface area contributed by atoms with Gasteiger partial charge in [0.2, 0.25) is 5.88 Å². The molecule has 2 heterocycles. The van der Waals surface area contributed by atoms with Gasteiger partial charge in [0, 0.05) is 17.0 Å². The van der Waals surface area contributed by atoms with Crippen molar-refractivity contribution in [2.24, 2.45) is 0 Å². The largest absolute Gasteiger partial charge is 0.479 e. The van der Waals surface area contributed by atoms with E-state index in [1.807, 2.05) is 0 Å². The smallest absolute Gasteiger partial charge is 0.286 e. The maximum Gasteiger partial charge on any atom is 0.286 e. The molecule has 0 saturated carbocycles. The fourth-order valence-electron chi connectivity index (χ4n) is 2.07. The number of carbonyl (C=O) groups excluding carboxylic acids is 1. The second-order valence-electron chi connectivity index (χ2n) is 4.71. The SMILES string of the molecule is COc1ncc(NNC(=O)c2cc3cc(F)ccc3[nH]2)cc1F. The number of carbonyl (C=O) groups is 1. The van der Waals surface area contributed by atoms with Gasteiger partial charge in [-0.1, -0.05) is 0 Å². The van der Waals surface area contributed by atoms with Gasteiger partial charge >= 0.3 is 0 Å². The van der Waals surface area contributed by atoms with Crippen molar-refractivity contribution in [2.75, 3.05) is 12.5 Å². The second-order valence-corrected chi connectivity index (χ2v) is 4.71. The van der Waals surface area contributed by atoms with E-state index in [0.29, 0.717) is 10.9 Å². The molecule has 0 atom stereocenters. The lowest BCUT2D eigenvalue weighted by molar-refractivity contribution is 0.0958. The minimum atomic E-state index is -0.659. The van der Waals surface area contributed by atoms with E-state index in [9.17, 15) is 13.6 Å². The van der Waals surface area contributed by atoms with Crippen molar-refractivity contribution in [1.29, 1.82) is 0 Å². The van der Waals surface area contributed by atoms with Crippen LogP contribution < -0.4 is 15.6 Å². The van der Waals surface area contributed by atoms with Crippen molar-refractivity contribution in [3.63, 3.8) is 0 Å². The summed E-state index contributed by atoms with van der Waals surface area (Å²) in [5, 5.41) is 0.576. The van der Waals surface area contributed by atoms with Crippen LogP contribution in [-0.2, 0) is 0 Å². The van der Waals surface area contributed by atoms with Gasteiger partial charge < -0.3 is 9.72 Å². The van der Waals surface area contributed by atoms with Crippen molar-refractivity contribution >= 4 is 22.5 Å². The van der Waals surface area contributed by atoms with Gasteiger partial charge in [-0.2, -0.15) is 0 Å². The minimum absolute atomic E-state index is 0.139. The highest BCUT2D eigenvalue weighted by Crippen LogP contribution is 2.18. The number of methoxy groups -OCH3 is 1. The molecule has 8 heteroatoms. The highest BCUT2D eigenvalue weighted by molar-refractivity contribution is 5.98. The van der Waals surface area contributed by atoms with E-state index in [4.69, 9.17) is 4.74 Å². The molecule has 0 spiro atoms.